The number of halogens is 2. The highest BCUT2D eigenvalue weighted by Gasteiger charge is 2.37. The lowest BCUT2D eigenvalue weighted by molar-refractivity contribution is 0.0782. The average Bonchev–Trinajstić information content (AvgIpc) is 3.44. The predicted octanol–water partition coefficient (Wildman–Crippen LogP) is 3.49. The van der Waals surface area contributed by atoms with E-state index in [2.05, 4.69) is 17.2 Å². The third-order valence-electron chi connectivity index (χ3n) is 6.08. The molecule has 1 saturated heterocycles. The summed E-state index contributed by atoms with van der Waals surface area (Å²) in [6.07, 6.45) is 2.72. The topological polar surface area (TPSA) is 64.2 Å². The molecule has 7 heteroatoms. The van der Waals surface area contributed by atoms with Gasteiger partial charge in [-0.2, -0.15) is 5.10 Å². The quantitative estimate of drug-likeness (QED) is 0.697. The van der Waals surface area contributed by atoms with Crippen LogP contribution in [0.2, 0.25) is 0 Å². The highest BCUT2D eigenvalue weighted by molar-refractivity contribution is 5.94. The molecule has 5 rings (SSSR count). The Hall–Kier alpha value is -2.70. The number of hydrogen-bond donors (Lipinski definition) is 1. The molecule has 1 amide bonds. The van der Waals surface area contributed by atoms with Crippen molar-refractivity contribution in [1.29, 1.82) is 0 Å². The van der Waals surface area contributed by atoms with E-state index in [4.69, 9.17) is 5.73 Å². The smallest absolute Gasteiger partial charge is 0.274 e. The molecule has 2 N–H and O–H groups in total. The van der Waals surface area contributed by atoms with Gasteiger partial charge in [0.25, 0.3) is 5.91 Å². The monoisotopic (exact) mass is 426 g/mol. The lowest BCUT2D eigenvalue weighted by Gasteiger charge is -2.16. The molecule has 2 heterocycles. The van der Waals surface area contributed by atoms with Crippen LogP contribution in [0.1, 0.15) is 39.6 Å². The number of rotatable bonds is 3. The minimum absolute atomic E-state index is 0. The second kappa shape index (κ2) is 8.20. The summed E-state index contributed by atoms with van der Waals surface area (Å²) in [4.78, 5) is 15.2. The molecular weight excluding hydrogens is 403 g/mol. The highest BCUT2D eigenvalue weighted by atomic mass is 35.5. The highest BCUT2D eigenvalue weighted by Crippen LogP contribution is 2.31. The first kappa shape index (κ1) is 20.6. The molecule has 1 aliphatic heterocycles. The van der Waals surface area contributed by atoms with Crippen LogP contribution in [0.15, 0.2) is 54.6 Å². The van der Waals surface area contributed by atoms with Crippen LogP contribution in [0.5, 0.6) is 0 Å². The number of amides is 1. The van der Waals surface area contributed by atoms with Crippen LogP contribution in [-0.2, 0) is 12.8 Å². The van der Waals surface area contributed by atoms with Crippen LogP contribution in [0.4, 0.5) is 4.39 Å². The molecule has 3 aromatic rings. The van der Waals surface area contributed by atoms with Gasteiger partial charge in [-0.1, -0.05) is 30.3 Å². The Morgan fingerprint density at radius 1 is 1.03 bits per heavy atom. The van der Waals surface area contributed by atoms with E-state index in [1.165, 1.54) is 12.1 Å². The fraction of sp³-hybridized carbons (Fsp3) is 0.304. The lowest BCUT2D eigenvalue weighted by Crippen LogP contribution is -2.32. The Bertz CT molecular complexity index is 1050. The summed E-state index contributed by atoms with van der Waals surface area (Å²) in [5.74, 6) is -0.211. The summed E-state index contributed by atoms with van der Waals surface area (Å²) in [6.45, 7) is 1.12. The van der Waals surface area contributed by atoms with Crippen LogP contribution >= 0.6 is 12.4 Å². The van der Waals surface area contributed by atoms with Crippen molar-refractivity contribution in [2.75, 3.05) is 13.1 Å². The standard InChI is InChI=1S/C23H23FN4O.ClH/c24-16-9-11-17(12-10-16)28-21-8-4-7-18(21)22(26-28)23(29)27-13-19(20(25)14-27)15-5-2-1-3-6-15;/h1-3,5-6,9-12,19-20H,4,7-8,13-14,25H2;1H/t19-,20+;/m0./s1. The molecule has 1 aromatic heterocycles. The van der Waals surface area contributed by atoms with Crippen LogP contribution in [0, 0.1) is 5.82 Å². The molecule has 0 saturated carbocycles. The van der Waals surface area contributed by atoms with Gasteiger partial charge in [0.1, 0.15) is 5.82 Å². The van der Waals surface area contributed by atoms with Crippen molar-refractivity contribution >= 4 is 18.3 Å². The van der Waals surface area contributed by atoms with Crippen LogP contribution in [-0.4, -0.2) is 39.7 Å². The molecule has 1 aliphatic carbocycles. The van der Waals surface area contributed by atoms with Gasteiger partial charge in [0, 0.05) is 36.3 Å². The number of carbonyl (C=O) groups excluding carboxylic acids is 1. The van der Waals surface area contributed by atoms with E-state index in [0.29, 0.717) is 18.8 Å². The fourth-order valence-corrected chi connectivity index (χ4v) is 4.60. The van der Waals surface area contributed by atoms with Crippen LogP contribution in [0.25, 0.3) is 5.69 Å². The molecule has 30 heavy (non-hydrogen) atoms. The van der Waals surface area contributed by atoms with Gasteiger partial charge in [-0.15, -0.1) is 12.4 Å². The van der Waals surface area contributed by atoms with Gasteiger partial charge in [-0.3, -0.25) is 4.79 Å². The third kappa shape index (κ3) is 3.50. The van der Waals surface area contributed by atoms with Crippen LogP contribution in [0.3, 0.4) is 0 Å². The molecular formula is C23H24ClFN4O. The Labute approximate surface area is 181 Å². The second-order valence-electron chi connectivity index (χ2n) is 7.91. The van der Waals surface area contributed by atoms with E-state index in [1.807, 2.05) is 23.1 Å². The maximum atomic E-state index is 13.4. The molecule has 156 valence electrons. The number of fused-ring (bicyclic) bond motifs is 1. The van der Waals surface area contributed by atoms with Crippen molar-refractivity contribution in [2.45, 2.75) is 31.2 Å². The number of likely N-dealkylation sites (tertiary alicyclic amines) is 1. The van der Waals surface area contributed by atoms with Gasteiger partial charge in [0.05, 0.1) is 5.69 Å². The van der Waals surface area contributed by atoms with E-state index in [-0.39, 0.29) is 36.1 Å². The third-order valence-corrected chi connectivity index (χ3v) is 6.08. The van der Waals surface area contributed by atoms with Crippen LogP contribution < -0.4 is 5.73 Å². The van der Waals surface area contributed by atoms with E-state index in [9.17, 15) is 9.18 Å². The molecule has 0 spiro atoms. The zero-order valence-corrected chi connectivity index (χ0v) is 17.3. The normalized spacial score (nSPS) is 20.1. The number of nitrogens with zero attached hydrogens (tertiary/aromatic N) is 3. The maximum Gasteiger partial charge on any atom is 0.274 e. The first-order chi connectivity index (χ1) is 14.1. The maximum absolute atomic E-state index is 13.4. The van der Waals surface area contributed by atoms with Crippen molar-refractivity contribution in [1.82, 2.24) is 14.7 Å². The zero-order valence-electron chi connectivity index (χ0n) is 16.5. The van der Waals surface area contributed by atoms with E-state index >= 15 is 0 Å². The van der Waals surface area contributed by atoms with E-state index in [0.717, 1.165) is 41.8 Å². The van der Waals surface area contributed by atoms with Gasteiger partial charge in [0.2, 0.25) is 0 Å². The minimum Gasteiger partial charge on any atom is -0.335 e. The number of benzene rings is 2. The number of nitrogens with two attached hydrogens (primary N) is 1. The number of hydrogen-bond acceptors (Lipinski definition) is 3. The number of aromatic nitrogens is 2. The first-order valence-electron chi connectivity index (χ1n) is 10.1. The Kier molecular flexibility index (Phi) is 5.62. The van der Waals surface area contributed by atoms with E-state index < -0.39 is 0 Å². The van der Waals surface area contributed by atoms with E-state index in [1.54, 1.807) is 16.8 Å². The predicted molar refractivity (Wildman–Crippen MR) is 116 cm³/mol. The molecule has 2 aromatic carbocycles. The van der Waals surface area contributed by atoms with Gasteiger partial charge < -0.3 is 10.6 Å². The first-order valence-corrected chi connectivity index (χ1v) is 10.1. The second-order valence-corrected chi connectivity index (χ2v) is 7.91. The summed E-state index contributed by atoms with van der Waals surface area (Å²) in [7, 11) is 0. The van der Waals surface area contributed by atoms with Gasteiger partial charge in [-0.25, -0.2) is 9.07 Å². The minimum atomic E-state index is -0.285. The summed E-state index contributed by atoms with van der Waals surface area (Å²) in [5, 5.41) is 4.66. The van der Waals surface area contributed by atoms with Gasteiger partial charge in [0.15, 0.2) is 5.69 Å². The summed E-state index contributed by atoms with van der Waals surface area (Å²) >= 11 is 0. The lowest BCUT2D eigenvalue weighted by atomic mass is 9.95. The molecule has 0 bridgehead atoms. The van der Waals surface area contributed by atoms with Gasteiger partial charge in [-0.05, 0) is 49.1 Å². The zero-order chi connectivity index (χ0) is 20.0. The van der Waals surface area contributed by atoms with Crippen molar-refractivity contribution < 1.29 is 9.18 Å². The molecule has 2 atom stereocenters. The fourth-order valence-electron chi connectivity index (χ4n) is 4.60. The molecule has 0 radical (unpaired) electrons. The van der Waals surface area contributed by atoms with Crippen molar-refractivity contribution in [3.63, 3.8) is 0 Å². The average molecular weight is 427 g/mol. The Balaban J connectivity index is 0.00000218. The molecule has 0 unspecified atom stereocenters. The molecule has 2 aliphatic rings. The molecule has 5 nitrogen and oxygen atoms in total. The number of carbonyl (C=O) groups is 1. The summed E-state index contributed by atoms with van der Waals surface area (Å²) in [6, 6.07) is 16.3. The van der Waals surface area contributed by atoms with Crippen molar-refractivity contribution in [2.24, 2.45) is 5.73 Å². The van der Waals surface area contributed by atoms with Crippen molar-refractivity contribution in [3.8, 4) is 5.69 Å². The van der Waals surface area contributed by atoms with Gasteiger partial charge >= 0.3 is 0 Å². The largest absolute Gasteiger partial charge is 0.335 e. The Morgan fingerprint density at radius 2 is 1.77 bits per heavy atom. The molecule has 1 fully saturated rings. The summed E-state index contributed by atoms with van der Waals surface area (Å²) in [5.41, 5.74) is 10.9. The summed E-state index contributed by atoms with van der Waals surface area (Å²) < 4.78 is 15.1. The SMILES string of the molecule is Cl.N[C@@H]1CN(C(=O)c2nn(-c3ccc(F)cc3)c3c2CCC3)C[C@H]1c1ccccc1. The Morgan fingerprint density at radius 3 is 2.50 bits per heavy atom. The van der Waals surface area contributed by atoms with Crippen molar-refractivity contribution in [3.05, 3.63) is 82.9 Å².